The molecule has 3 N–H and O–H groups in total. The summed E-state index contributed by atoms with van der Waals surface area (Å²) < 4.78 is 44.0. The first-order chi connectivity index (χ1) is 19.1. The number of ether oxygens (including phenoxy) is 3. The molecule has 0 bridgehead atoms. The highest BCUT2D eigenvalue weighted by Gasteiger charge is 2.31. The number of esters is 1. The van der Waals surface area contributed by atoms with Gasteiger partial charge in [0.05, 0.1) is 26.3 Å². The molecule has 0 aliphatic carbocycles. The number of hydrogen-bond acceptors (Lipinski definition) is 8. The Morgan fingerprint density at radius 2 is 1.80 bits per heavy atom. The van der Waals surface area contributed by atoms with Crippen molar-refractivity contribution < 1.29 is 47.6 Å². The third-order valence-electron chi connectivity index (χ3n) is 5.77. The van der Waals surface area contributed by atoms with Crippen LogP contribution in [0.2, 0.25) is 5.02 Å². The van der Waals surface area contributed by atoms with E-state index in [2.05, 4.69) is 10.4 Å². The third kappa shape index (κ3) is 7.31. The predicted molar refractivity (Wildman–Crippen MR) is 136 cm³/mol. The van der Waals surface area contributed by atoms with Gasteiger partial charge in [-0.2, -0.15) is 9.49 Å². The van der Waals surface area contributed by atoms with Gasteiger partial charge in [0.15, 0.2) is 23.4 Å². The van der Waals surface area contributed by atoms with E-state index in [-0.39, 0.29) is 30.9 Å². The molecule has 1 heterocycles. The van der Waals surface area contributed by atoms with Crippen molar-refractivity contribution in [3.8, 4) is 5.75 Å². The van der Waals surface area contributed by atoms with Crippen LogP contribution in [0.5, 0.6) is 5.75 Å². The number of aliphatic hydroxyl groups is 1. The topological polar surface area (TPSA) is 149 Å². The fourth-order valence-corrected chi connectivity index (χ4v) is 3.91. The zero-order valence-corrected chi connectivity index (χ0v) is 22.2. The van der Waals surface area contributed by atoms with Crippen LogP contribution in [-0.4, -0.2) is 77.4 Å². The smallest absolute Gasteiger partial charge is 0.354 e. The molecule has 2 atom stereocenters. The fourth-order valence-electron chi connectivity index (χ4n) is 3.69. The lowest BCUT2D eigenvalue weighted by molar-refractivity contribution is -0.156. The van der Waals surface area contributed by atoms with Crippen LogP contribution in [0.4, 0.5) is 8.78 Å². The van der Waals surface area contributed by atoms with E-state index in [4.69, 9.17) is 25.8 Å². The highest BCUT2D eigenvalue weighted by molar-refractivity contribution is 6.31. The summed E-state index contributed by atoms with van der Waals surface area (Å²) in [4.78, 5) is 37.4. The number of nitrogens with zero attached hydrogens (tertiary/aromatic N) is 2. The Morgan fingerprint density at radius 3 is 2.45 bits per heavy atom. The summed E-state index contributed by atoms with van der Waals surface area (Å²) >= 11 is 6.21. The van der Waals surface area contributed by atoms with Crippen LogP contribution in [-0.2, 0) is 27.2 Å². The van der Waals surface area contributed by atoms with Crippen LogP contribution in [0.1, 0.15) is 32.1 Å². The summed E-state index contributed by atoms with van der Waals surface area (Å²) in [5.41, 5.74) is -0.674. The standard InChI is InChI=1S/C26H26ClF2N3O8/c1-38-9-10-40-26(37)23(33)17(11-14-5-3-4-6-16(14)27)30-24(34)18-12-19(25(35)36)32(31-18)13-15-7-8-20(39-2)22(29)21(15)28/h3-8,12,17,23,33H,9-11,13H2,1-2H3,(H,30,34)(H,35,36)/t17-,23-/m1/s1. The Balaban J connectivity index is 1.88. The van der Waals surface area contributed by atoms with Crippen molar-refractivity contribution in [2.24, 2.45) is 0 Å². The highest BCUT2D eigenvalue weighted by Crippen LogP contribution is 2.24. The summed E-state index contributed by atoms with van der Waals surface area (Å²) in [6.45, 7) is -0.596. The second-order valence-corrected chi connectivity index (χ2v) is 8.82. The molecule has 0 fully saturated rings. The van der Waals surface area contributed by atoms with E-state index in [1.54, 1.807) is 24.3 Å². The number of rotatable bonds is 13. The van der Waals surface area contributed by atoms with Crippen LogP contribution < -0.4 is 10.1 Å². The van der Waals surface area contributed by atoms with Crippen molar-refractivity contribution in [1.29, 1.82) is 0 Å². The van der Waals surface area contributed by atoms with Crippen molar-refractivity contribution in [1.82, 2.24) is 15.1 Å². The normalized spacial score (nSPS) is 12.4. The molecule has 11 nitrogen and oxygen atoms in total. The number of carboxylic acids is 1. The highest BCUT2D eigenvalue weighted by atomic mass is 35.5. The number of nitrogens with one attached hydrogen (secondary N) is 1. The maximum absolute atomic E-state index is 14.5. The van der Waals surface area contributed by atoms with Crippen LogP contribution >= 0.6 is 11.6 Å². The minimum atomic E-state index is -1.84. The zero-order valence-electron chi connectivity index (χ0n) is 21.4. The Morgan fingerprint density at radius 1 is 1.07 bits per heavy atom. The second-order valence-electron chi connectivity index (χ2n) is 8.41. The minimum Gasteiger partial charge on any atom is -0.494 e. The lowest BCUT2D eigenvalue weighted by Crippen LogP contribution is -2.49. The molecule has 0 radical (unpaired) electrons. The van der Waals surface area contributed by atoms with Gasteiger partial charge in [0.25, 0.3) is 5.91 Å². The number of benzene rings is 2. The van der Waals surface area contributed by atoms with E-state index >= 15 is 0 Å². The largest absolute Gasteiger partial charge is 0.494 e. The van der Waals surface area contributed by atoms with E-state index in [1.807, 2.05) is 0 Å². The van der Waals surface area contributed by atoms with E-state index in [0.29, 0.717) is 10.6 Å². The molecule has 0 unspecified atom stereocenters. The Kier molecular flexibility index (Phi) is 10.5. The second kappa shape index (κ2) is 13.8. The summed E-state index contributed by atoms with van der Waals surface area (Å²) in [7, 11) is 2.56. The van der Waals surface area contributed by atoms with Gasteiger partial charge >= 0.3 is 11.9 Å². The molecule has 14 heteroatoms. The minimum absolute atomic E-state index is 0.0775. The molecule has 214 valence electrons. The quantitative estimate of drug-likeness (QED) is 0.204. The van der Waals surface area contributed by atoms with Crippen LogP contribution in [0.25, 0.3) is 0 Å². The zero-order chi connectivity index (χ0) is 29.4. The van der Waals surface area contributed by atoms with Crippen LogP contribution in [0, 0.1) is 11.6 Å². The number of aromatic nitrogens is 2. The molecule has 40 heavy (non-hydrogen) atoms. The molecule has 0 aliphatic rings. The number of hydrogen-bond donors (Lipinski definition) is 3. The lowest BCUT2D eigenvalue weighted by atomic mass is 10.0. The molecule has 0 spiro atoms. The number of methoxy groups -OCH3 is 2. The SMILES string of the molecule is COCCOC(=O)[C@H](O)[C@@H](Cc1ccccc1Cl)NC(=O)c1cc(C(=O)O)n(Cc2ccc(OC)c(F)c2F)n1. The van der Waals surface area contributed by atoms with E-state index < -0.39 is 59.6 Å². The Labute approximate surface area is 232 Å². The van der Waals surface area contributed by atoms with E-state index in [0.717, 1.165) is 23.9 Å². The monoisotopic (exact) mass is 581 g/mol. The Bertz CT molecular complexity index is 1380. The van der Waals surface area contributed by atoms with Gasteiger partial charge in [-0.25, -0.2) is 14.0 Å². The summed E-state index contributed by atoms with van der Waals surface area (Å²) in [6, 6.07) is 8.57. The summed E-state index contributed by atoms with van der Waals surface area (Å²) in [5, 5.41) is 27.0. The number of carbonyl (C=O) groups is 3. The fraction of sp³-hybridized carbons (Fsp3) is 0.308. The Hall–Kier alpha value is -4.07. The first-order valence-electron chi connectivity index (χ1n) is 11.8. The van der Waals surface area contributed by atoms with Gasteiger partial charge in [-0.1, -0.05) is 35.9 Å². The van der Waals surface area contributed by atoms with Crippen molar-refractivity contribution in [2.45, 2.75) is 25.1 Å². The third-order valence-corrected chi connectivity index (χ3v) is 6.14. The van der Waals surface area contributed by atoms with Gasteiger partial charge in [-0.15, -0.1) is 0 Å². The van der Waals surface area contributed by atoms with Gasteiger partial charge in [0.1, 0.15) is 12.3 Å². The molecule has 2 aromatic carbocycles. The van der Waals surface area contributed by atoms with Gasteiger partial charge in [0, 0.05) is 23.8 Å². The number of carbonyl (C=O) groups excluding carboxylic acids is 2. The molecule has 0 aliphatic heterocycles. The molecule has 1 aromatic heterocycles. The summed E-state index contributed by atoms with van der Waals surface area (Å²) in [6.07, 6.45) is -1.94. The van der Waals surface area contributed by atoms with Gasteiger partial charge < -0.3 is 29.7 Å². The molecule has 1 amide bonds. The molecule has 3 rings (SSSR count). The summed E-state index contributed by atoms with van der Waals surface area (Å²) in [5.74, 6) is -6.37. The van der Waals surface area contributed by atoms with Crippen molar-refractivity contribution in [2.75, 3.05) is 27.4 Å². The number of carboxylic acid groups (broad SMARTS) is 1. The van der Waals surface area contributed by atoms with Crippen LogP contribution in [0.15, 0.2) is 42.5 Å². The first-order valence-corrected chi connectivity index (χ1v) is 12.1. The number of halogens is 3. The lowest BCUT2D eigenvalue weighted by Gasteiger charge is -2.23. The van der Waals surface area contributed by atoms with Gasteiger partial charge in [-0.05, 0) is 24.1 Å². The van der Waals surface area contributed by atoms with E-state index in [1.165, 1.54) is 13.2 Å². The average Bonchev–Trinajstić information content (AvgIpc) is 3.36. The van der Waals surface area contributed by atoms with Crippen molar-refractivity contribution in [3.63, 3.8) is 0 Å². The first kappa shape index (κ1) is 30.5. The maximum atomic E-state index is 14.5. The van der Waals surface area contributed by atoms with Gasteiger partial charge in [0.2, 0.25) is 5.82 Å². The van der Waals surface area contributed by atoms with Crippen molar-refractivity contribution >= 4 is 29.4 Å². The predicted octanol–water partition coefficient (Wildman–Crippen LogP) is 2.46. The molecule has 0 saturated carbocycles. The molecule has 0 saturated heterocycles. The van der Waals surface area contributed by atoms with Gasteiger partial charge in [-0.3, -0.25) is 9.48 Å². The van der Waals surface area contributed by atoms with Crippen molar-refractivity contribution in [3.05, 3.63) is 81.6 Å². The maximum Gasteiger partial charge on any atom is 0.354 e. The molecular formula is C26H26ClF2N3O8. The number of aliphatic hydroxyl groups excluding tert-OH is 1. The van der Waals surface area contributed by atoms with E-state index in [9.17, 15) is 33.4 Å². The molecular weight excluding hydrogens is 556 g/mol. The number of amides is 1. The molecule has 3 aromatic rings. The number of aromatic carboxylic acids is 1. The average molecular weight is 582 g/mol. The van der Waals surface area contributed by atoms with Crippen LogP contribution in [0.3, 0.4) is 0 Å².